The lowest BCUT2D eigenvalue weighted by atomic mass is 10.0. The average Bonchev–Trinajstić information content (AvgIpc) is 2.88. The number of unbranched alkanes of at least 4 members (excludes halogenated alkanes) is 19. The third-order valence-electron chi connectivity index (χ3n) is 7.28. The van der Waals surface area contributed by atoms with Gasteiger partial charge in [0.2, 0.25) is 5.91 Å². The zero-order valence-electron chi connectivity index (χ0n) is 24.3. The zero-order chi connectivity index (χ0) is 26.5. The van der Waals surface area contributed by atoms with E-state index in [-0.39, 0.29) is 12.5 Å². The summed E-state index contributed by atoms with van der Waals surface area (Å²) in [5, 5.41) is 22.9. The minimum Gasteiger partial charge on any atom is -0.394 e. The van der Waals surface area contributed by atoms with Crippen LogP contribution in [0.4, 0.5) is 0 Å². The number of rotatable bonds is 28. The van der Waals surface area contributed by atoms with Crippen LogP contribution in [0.15, 0.2) is 12.2 Å². The van der Waals surface area contributed by atoms with Crippen LogP contribution in [0.25, 0.3) is 0 Å². The number of amides is 1. The quantitative estimate of drug-likeness (QED) is 0.0729. The molecule has 0 aliphatic rings. The van der Waals surface area contributed by atoms with Crippen LogP contribution in [-0.2, 0) is 4.79 Å². The molecule has 0 unspecified atom stereocenters. The van der Waals surface area contributed by atoms with Crippen molar-refractivity contribution in [2.45, 2.75) is 180 Å². The molecule has 36 heavy (non-hydrogen) atoms. The second kappa shape index (κ2) is 28.7. The van der Waals surface area contributed by atoms with Gasteiger partial charge in [0, 0.05) is 6.42 Å². The van der Waals surface area contributed by atoms with Gasteiger partial charge in [-0.3, -0.25) is 4.79 Å². The van der Waals surface area contributed by atoms with Crippen LogP contribution >= 0.6 is 0 Å². The van der Waals surface area contributed by atoms with E-state index in [4.69, 9.17) is 0 Å². The minimum atomic E-state index is -0.673. The molecule has 0 saturated heterocycles. The molecule has 0 aromatic heterocycles. The topological polar surface area (TPSA) is 69.6 Å². The first-order valence-electron chi connectivity index (χ1n) is 15.9. The lowest BCUT2D eigenvalue weighted by molar-refractivity contribution is -0.123. The molecule has 1 amide bonds. The normalized spacial score (nSPS) is 13.3. The van der Waals surface area contributed by atoms with E-state index in [2.05, 4.69) is 31.3 Å². The average molecular weight is 510 g/mol. The molecule has 0 heterocycles. The maximum Gasteiger partial charge on any atom is 0.220 e. The van der Waals surface area contributed by atoms with Crippen molar-refractivity contribution >= 4 is 5.91 Å². The Morgan fingerprint density at radius 1 is 0.639 bits per heavy atom. The fraction of sp³-hybridized carbons (Fsp3) is 0.906. The highest BCUT2D eigenvalue weighted by molar-refractivity contribution is 5.76. The highest BCUT2D eigenvalue weighted by Gasteiger charge is 2.19. The molecule has 0 radical (unpaired) electrons. The summed E-state index contributed by atoms with van der Waals surface area (Å²) < 4.78 is 0. The van der Waals surface area contributed by atoms with Gasteiger partial charge in [-0.1, -0.05) is 135 Å². The predicted molar refractivity (Wildman–Crippen MR) is 156 cm³/mol. The summed E-state index contributed by atoms with van der Waals surface area (Å²) >= 11 is 0. The number of hydrogen-bond donors (Lipinski definition) is 3. The van der Waals surface area contributed by atoms with Gasteiger partial charge in [-0.2, -0.15) is 0 Å². The number of hydrogen-bond acceptors (Lipinski definition) is 3. The Labute approximate surface area is 225 Å². The Morgan fingerprint density at radius 3 is 1.53 bits per heavy atom. The first-order valence-corrected chi connectivity index (χ1v) is 15.9. The van der Waals surface area contributed by atoms with Gasteiger partial charge in [-0.25, -0.2) is 0 Å². The van der Waals surface area contributed by atoms with Crippen molar-refractivity contribution in [3.63, 3.8) is 0 Å². The number of allylic oxidation sites excluding steroid dienone is 2. The molecule has 2 atom stereocenters. The Balaban J connectivity index is 3.64. The molecule has 0 aromatic carbocycles. The molecule has 0 spiro atoms. The third-order valence-corrected chi connectivity index (χ3v) is 7.28. The van der Waals surface area contributed by atoms with E-state index in [0.717, 1.165) is 32.1 Å². The van der Waals surface area contributed by atoms with E-state index in [1.807, 2.05) is 0 Å². The fourth-order valence-electron chi connectivity index (χ4n) is 4.76. The van der Waals surface area contributed by atoms with Gasteiger partial charge in [-0.05, 0) is 38.5 Å². The number of carbonyl (C=O) groups excluding carboxylic acids is 1. The molecule has 0 rings (SSSR count). The molecule has 214 valence electrons. The van der Waals surface area contributed by atoms with E-state index >= 15 is 0 Å². The second-order valence-corrected chi connectivity index (χ2v) is 10.9. The standard InChI is InChI=1S/C32H63NO3/c1-3-5-7-9-11-13-15-16-17-18-19-21-23-25-27-31(35)30(29-34)33-32(36)28-26-24-22-20-14-12-10-8-6-4-2/h18-19,30-31,34-35H,3-17,20-29H2,1-2H3,(H,33,36)/b19-18+/t30-,31+/m0/s1. The first kappa shape index (κ1) is 35.1. The van der Waals surface area contributed by atoms with Crippen LogP contribution in [0.3, 0.4) is 0 Å². The van der Waals surface area contributed by atoms with Gasteiger partial charge >= 0.3 is 0 Å². The second-order valence-electron chi connectivity index (χ2n) is 10.9. The SMILES string of the molecule is CCCCCCCCCC/C=C/CCCC[C@@H](O)[C@H](CO)NC(=O)CCCCCCCCCCCC. The lowest BCUT2D eigenvalue weighted by Crippen LogP contribution is -2.45. The molecular formula is C32H63NO3. The van der Waals surface area contributed by atoms with Crippen molar-refractivity contribution in [3.8, 4) is 0 Å². The Hall–Kier alpha value is -0.870. The Bertz CT molecular complexity index is 480. The van der Waals surface area contributed by atoms with Gasteiger partial charge in [0.15, 0.2) is 0 Å². The maximum atomic E-state index is 12.2. The molecule has 0 bridgehead atoms. The molecule has 0 saturated carbocycles. The van der Waals surface area contributed by atoms with Crippen LogP contribution in [-0.4, -0.2) is 34.9 Å². The largest absolute Gasteiger partial charge is 0.394 e. The van der Waals surface area contributed by atoms with Crippen LogP contribution in [0.5, 0.6) is 0 Å². The zero-order valence-corrected chi connectivity index (χ0v) is 24.3. The minimum absolute atomic E-state index is 0.0449. The number of carbonyl (C=O) groups is 1. The number of aliphatic hydroxyl groups excluding tert-OH is 2. The smallest absolute Gasteiger partial charge is 0.220 e. The van der Waals surface area contributed by atoms with Crippen LogP contribution in [0.2, 0.25) is 0 Å². The number of aliphatic hydroxyl groups is 2. The van der Waals surface area contributed by atoms with Gasteiger partial charge in [0.25, 0.3) is 0 Å². The monoisotopic (exact) mass is 509 g/mol. The Morgan fingerprint density at radius 2 is 1.06 bits per heavy atom. The molecule has 0 aromatic rings. The van der Waals surface area contributed by atoms with E-state index in [1.165, 1.54) is 109 Å². The summed E-state index contributed by atoms with van der Waals surface area (Å²) in [5.74, 6) is -0.0449. The molecule has 4 nitrogen and oxygen atoms in total. The molecular weight excluding hydrogens is 446 g/mol. The summed E-state index contributed by atoms with van der Waals surface area (Å²) in [6, 6.07) is -0.543. The maximum absolute atomic E-state index is 12.2. The number of nitrogens with one attached hydrogen (secondary N) is 1. The van der Waals surface area contributed by atoms with Crippen LogP contribution < -0.4 is 5.32 Å². The van der Waals surface area contributed by atoms with E-state index in [1.54, 1.807) is 0 Å². The van der Waals surface area contributed by atoms with Crippen molar-refractivity contribution in [2.24, 2.45) is 0 Å². The van der Waals surface area contributed by atoms with Crippen molar-refractivity contribution < 1.29 is 15.0 Å². The summed E-state index contributed by atoms with van der Waals surface area (Å²) in [7, 11) is 0. The van der Waals surface area contributed by atoms with Gasteiger partial charge in [0.05, 0.1) is 18.8 Å². The summed E-state index contributed by atoms with van der Waals surface area (Å²) in [6.45, 7) is 4.31. The summed E-state index contributed by atoms with van der Waals surface area (Å²) in [5.41, 5.74) is 0. The summed E-state index contributed by atoms with van der Waals surface area (Å²) in [4.78, 5) is 12.2. The molecule has 0 aliphatic heterocycles. The molecule has 4 heteroatoms. The third kappa shape index (κ3) is 24.8. The van der Waals surface area contributed by atoms with E-state index in [0.29, 0.717) is 12.8 Å². The van der Waals surface area contributed by atoms with E-state index in [9.17, 15) is 15.0 Å². The van der Waals surface area contributed by atoms with Gasteiger partial charge in [-0.15, -0.1) is 0 Å². The highest BCUT2D eigenvalue weighted by Crippen LogP contribution is 2.13. The molecule has 3 N–H and O–H groups in total. The summed E-state index contributed by atoms with van der Waals surface area (Å²) in [6.07, 6.45) is 32.5. The van der Waals surface area contributed by atoms with Crippen molar-refractivity contribution in [1.82, 2.24) is 5.32 Å². The fourth-order valence-corrected chi connectivity index (χ4v) is 4.76. The molecule has 0 aliphatic carbocycles. The van der Waals surface area contributed by atoms with Crippen molar-refractivity contribution in [2.75, 3.05) is 6.61 Å². The van der Waals surface area contributed by atoms with Crippen molar-refractivity contribution in [3.05, 3.63) is 12.2 Å². The van der Waals surface area contributed by atoms with Crippen LogP contribution in [0, 0.1) is 0 Å². The Kier molecular flexibility index (Phi) is 28.0. The van der Waals surface area contributed by atoms with Gasteiger partial charge < -0.3 is 15.5 Å². The lowest BCUT2D eigenvalue weighted by Gasteiger charge is -2.22. The molecule has 0 fully saturated rings. The van der Waals surface area contributed by atoms with Crippen molar-refractivity contribution in [1.29, 1.82) is 0 Å². The predicted octanol–water partition coefficient (Wildman–Crippen LogP) is 8.78. The first-order chi connectivity index (χ1) is 17.7. The van der Waals surface area contributed by atoms with E-state index < -0.39 is 12.1 Å². The highest BCUT2D eigenvalue weighted by atomic mass is 16.3. The van der Waals surface area contributed by atoms with Gasteiger partial charge in [0.1, 0.15) is 0 Å². The van der Waals surface area contributed by atoms with Crippen LogP contribution in [0.1, 0.15) is 168 Å².